The molecule has 0 radical (unpaired) electrons. The molecule has 1 aliphatic rings. The number of nitrogens with one attached hydrogen (secondary N) is 2. The van der Waals surface area contributed by atoms with Gasteiger partial charge in [-0.25, -0.2) is 0 Å². The van der Waals surface area contributed by atoms with Crippen LogP contribution in [0.15, 0.2) is 59.8 Å². The van der Waals surface area contributed by atoms with Gasteiger partial charge in [-0.3, -0.25) is 4.79 Å². The third kappa shape index (κ3) is 4.51. The van der Waals surface area contributed by atoms with Crippen LogP contribution in [0.2, 0.25) is 0 Å². The average molecular weight is 397 g/mol. The standard InChI is InChI=1S/C22H24N2O3S/c1-4-26-19-12-17(21-20(15(3)25)14(2)23-22(28)24-21)10-11-18(19)27-13-16-8-6-5-7-9-16/h5-12,21H,4,13H2,1-3H3,(H2,23,24,28). The van der Waals surface area contributed by atoms with Gasteiger partial charge >= 0.3 is 0 Å². The molecule has 0 fully saturated rings. The molecule has 1 atom stereocenters. The Morgan fingerprint density at radius 3 is 2.54 bits per heavy atom. The van der Waals surface area contributed by atoms with Crippen LogP contribution in [0, 0.1) is 0 Å². The van der Waals surface area contributed by atoms with Gasteiger partial charge in [0.2, 0.25) is 0 Å². The van der Waals surface area contributed by atoms with Gasteiger partial charge in [-0.05, 0) is 56.2 Å². The van der Waals surface area contributed by atoms with Crippen molar-refractivity contribution in [1.29, 1.82) is 0 Å². The number of ketones is 1. The summed E-state index contributed by atoms with van der Waals surface area (Å²) in [6.07, 6.45) is 0. The summed E-state index contributed by atoms with van der Waals surface area (Å²) in [5.41, 5.74) is 3.40. The summed E-state index contributed by atoms with van der Waals surface area (Å²) >= 11 is 5.28. The molecule has 0 saturated carbocycles. The first-order chi connectivity index (χ1) is 13.5. The zero-order valence-electron chi connectivity index (χ0n) is 16.2. The Morgan fingerprint density at radius 1 is 1.11 bits per heavy atom. The molecule has 6 heteroatoms. The number of hydrogen-bond donors (Lipinski definition) is 2. The van der Waals surface area contributed by atoms with Gasteiger partial charge in [0.25, 0.3) is 0 Å². The molecule has 28 heavy (non-hydrogen) atoms. The first kappa shape index (κ1) is 19.9. The van der Waals surface area contributed by atoms with E-state index in [2.05, 4.69) is 10.6 Å². The lowest BCUT2D eigenvalue weighted by molar-refractivity contribution is -0.114. The van der Waals surface area contributed by atoms with Gasteiger partial charge in [0.05, 0.1) is 12.6 Å². The summed E-state index contributed by atoms with van der Waals surface area (Å²) in [6, 6.07) is 15.4. The predicted molar refractivity (Wildman–Crippen MR) is 113 cm³/mol. The van der Waals surface area contributed by atoms with Gasteiger partial charge < -0.3 is 20.1 Å². The van der Waals surface area contributed by atoms with Crippen molar-refractivity contribution in [1.82, 2.24) is 10.6 Å². The van der Waals surface area contributed by atoms with Crippen molar-refractivity contribution in [3.05, 3.63) is 70.9 Å². The second-order valence-corrected chi connectivity index (χ2v) is 6.95. The summed E-state index contributed by atoms with van der Waals surface area (Å²) in [7, 11) is 0. The van der Waals surface area contributed by atoms with Gasteiger partial charge in [-0.1, -0.05) is 36.4 Å². The molecule has 5 nitrogen and oxygen atoms in total. The largest absolute Gasteiger partial charge is 0.490 e. The summed E-state index contributed by atoms with van der Waals surface area (Å²) in [5.74, 6) is 1.30. The van der Waals surface area contributed by atoms with Crippen molar-refractivity contribution in [3.8, 4) is 11.5 Å². The minimum atomic E-state index is -0.325. The van der Waals surface area contributed by atoms with E-state index in [1.807, 2.05) is 62.4 Å². The van der Waals surface area contributed by atoms with Crippen molar-refractivity contribution in [2.24, 2.45) is 0 Å². The Labute approximate surface area is 170 Å². The minimum absolute atomic E-state index is 0.00707. The second kappa shape index (κ2) is 8.89. The van der Waals surface area contributed by atoms with Crippen LogP contribution < -0.4 is 20.1 Å². The third-order valence-electron chi connectivity index (χ3n) is 4.49. The van der Waals surface area contributed by atoms with Gasteiger partial charge in [-0.15, -0.1) is 0 Å². The second-order valence-electron chi connectivity index (χ2n) is 6.54. The lowest BCUT2D eigenvalue weighted by Gasteiger charge is -2.30. The summed E-state index contributed by atoms with van der Waals surface area (Å²) in [6.45, 7) is 6.31. The highest BCUT2D eigenvalue weighted by molar-refractivity contribution is 7.80. The van der Waals surface area contributed by atoms with E-state index >= 15 is 0 Å². The van der Waals surface area contributed by atoms with Gasteiger partial charge in [-0.2, -0.15) is 0 Å². The monoisotopic (exact) mass is 396 g/mol. The number of rotatable bonds is 7. The van der Waals surface area contributed by atoms with Crippen LogP contribution in [0.4, 0.5) is 0 Å². The van der Waals surface area contributed by atoms with Crippen molar-refractivity contribution in [2.45, 2.75) is 33.4 Å². The molecule has 1 heterocycles. The summed E-state index contributed by atoms with van der Waals surface area (Å²) < 4.78 is 11.8. The lowest BCUT2D eigenvalue weighted by atomic mass is 9.93. The van der Waals surface area contributed by atoms with E-state index in [1.165, 1.54) is 0 Å². The van der Waals surface area contributed by atoms with E-state index in [1.54, 1.807) is 6.92 Å². The molecule has 2 N–H and O–H groups in total. The predicted octanol–water partition coefficient (Wildman–Crippen LogP) is 4.05. The molecule has 1 aliphatic heterocycles. The maximum atomic E-state index is 12.2. The van der Waals surface area contributed by atoms with Crippen LogP contribution in [0.25, 0.3) is 0 Å². The molecule has 146 valence electrons. The highest BCUT2D eigenvalue weighted by atomic mass is 32.1. The van der Waals surface area contributed by atoms with E-state index in [0.717, 1.165) is 16.8 Å². The number of carbonyl (C=O) groups is 1. The maximum Gasteiger partial charge on any atom is 0.171 e. The summed E-state index contributed by atoms with van der Waals surface area (Å²) in [5, 5.41) is 6.70. The van der Waals surface area contributed by atoms with Crippen LogP contribution >= 0.6 is 12.2 Å². The Kier molecular flexibility index (Phi) is 6.31. The van der Waals surface area contributed by atoms with E-state index in [4.69, 9.17) is 21.7 Å². The molecule has 0 saturated heterocycles. The van der Waals surface area contributed by atoms with E-state index in [-0.39, 0.29) is 11.8 Å². The number of ether oxygens (including phenoxy) is 2. The molecule has 3 rings (SSSR count). The lowest BCUT2D eigenvalue weighted by Crippen LogP contribution is -2.44. The first-order valence-corrected chi connectivity index (χ1v) is 9.63. The van der Waals surface area contributed by atoms with Crippen molar-refractivity contribution in [2.75, 3.05) is 6.61 Å². The highest BCUT2D eigenvalue weighted by Crippen LogP contribution is 2.35. The molecule has 0 spiro atoms. The number of allylic oxidation sites excluding steroid dienone is 1. The average Bonchev–Trinajstić information content (AvgIpc) is 2.67. The SMILES string of the molecule is CCOc1cc(C2NC(=S)NC(C)=C2C(C)=O)ccc1OCc1ccccc1. The van der Waals surface area contributed by atoms with Crippen LogP contribution in [0.5, 0.6) is 11.5 Å². The molecular formula is C22H24N2O3S. The molecule has 0 aromatic heterocycles. The van der Waals surface area contributed by atoms with Gasteiger partial charge in [0.15, 0.2) is 22.4 Å². The molecule has 1 unspecified atom stereocenters. The van der Waals surface area contributed by atoms with Gasteiger partial charge in [0, 0.05) is 11.3 Å². The Hall–Kier alpha value is -2.86. The van der Waals surface area contributed by atoms with E-state index in [9.17, 15) is 4.79 Å². The normalized spacial score (nSPS) is 16.2. The van der Waals surface area contributed by atoms with E-state index in [0.29, 0.717) is 35.4 Å². The van der Waals surface area contributed by atoms with Crippen molar-refractivity contribution < 1.29 is 14.3 Å². The quantitative estimate of drug-likeness (QED) is 0.689. The third-order valence-corrected chi connectivity index (χ3v) is 4.71. The van der Waals surface area contributed by atoms with Crippen molar-refractivity contribution in [3.63, 3.8) is 0 Å². The fourth-order valence-electron chi connectivity index (χ4n) is 3.24. The molecule has 0 bridgehead atoms. The molecule has 0 amide bonds. The Bertz CT molecular complexity index is 909. The molecule has 0 aliphatic carbocycles. The van der Waals surface area contributed by atoms with Crippen LogP contribution in [0.3, 0.4) is 0 Å². The molecular weight excluding hydrogens is 372 g/mol. The fourth-order valence-corrected chi connectivity index (χ4v) is 3.51. The summed E-state index contributed by atoms with van der Waals surface area (Å²) in [4.78, 5) is 12.2. The number of Topliss-reactive ketones (excluding diaryl/α,β-unsaturated/α-hetero) is 1. The minimum Gasteiger partial charge on any atom is -0.490 e. The Morgan fingerprint density at radius 2 is 1.86 bits per heavy atom. The smallest absolute Gasteiger partial charge is 0.171 e. The van der Waals surface area contributed by atoms with Gasteiger partial charge in [0.1, 0.15) is 6.61 Å². The Balaban J connectivity index is 1.90. The highest BCUT2D eigenvalue weighted by Gasteiger charge is 2.28. The number of benzene rings is 2. The number of carbonyl (C=O) groups excluding carboxylic acids is 1. The first-order valence-electron chi connectivity index (χ1n) is 9.22. The number of hydrogen-bond acceptors (Lipinski definition) is 4. The topological polar surface area (TPSA) is 59.6 Å². The van der Waals surface area contributed by atoms with Crippen LogP contribution in [0.1, 0.15) is 37.9 Å². The maximum absolute atomic E-state index is 12.2. The van der Waals surface area contributed by atoms with E-state index < -0.39 is 0 Å². The van der Waals surface area contributed by atoms with Crippen LogP contribution in [-0.2, 0) is 11.4 Å². The molecule has 2 aromatic carbocycles. The van der Waals surface area contributed by atoms with Crippen molar-refractivity contribution >= 4 is 23.1 Å². The number of thiocarbonyl (C=S) groups is 1. The zero-order valence-corrected chi connectivity index (χ0v) is 17.1. The van der Waals surface area contributed by atoms with Crippen LogP contribution in [-0.4, -0.2) is 17.5 Å². The zero-order chi connectivity index (χ0) is 20.1. The fraction of sp³-hybridized carbons (Fsp3) is 0.273. The molecule has 2 aromatic rings.